The first-order valence-electron chi connectivity index (χ1n) is 7.15. The van der Waals surface area contributed by atoms with Crippen LogP contribution >= 0.6 is 0 Å². The molecule has 0 spiro atoms. The number of carbonyl (C=O) groups is 1. The van der Waals surface area contributed by atoms with Gasteiger partial charge in [0.05, 0.1) is 24.7 Å². The fraction of sp³-hybridized carbons (Fsp3) is 0.235. The molecule has 0 aromatic heterocycles. The van der Waals surface area contributed by atoms with Crippen LogP contribution in [0.25, 0.3) is 0 Å². The molecule has 0 aliphatic heterocycles. The van der Waals surface area contributed by atoms with E-state index in [-0.39, 0.29) is 16.1 Å². The van der Waals surface area contributed by atoms with Gasteiger partial charge in [-0.05, 0) is 55.3 Å². The quantitative estimate of drug-likeness (QED) is 0.840. The van der Waals surface area contributed by atoms with E-state index in [1.165, 1.54) is 20.3 Å². The third kappa shape index (κ3) is 3.68. The van der Waals surface area contributed by atoms with Gasteiger partial charge < -0.3 is 9.47 Å². The van der Waals surface area contributed by atoms with Gasteiger partial charge in [0, 0.05) is 5.69 Å². The van der Waals surface area contributed by atoms with Crippen LogP contribution in [0.3, 0.4) is 0 Å². The standard InChI is InChI=1S/C17H19NO5S/c1-11-9-16(12(2)8-15(11)22-3)24(20,21)18-14-7-5-6-13(10-14)17(19)23-4/h5-10,18H,1-4H3. The minimum Gasteiger partial charge on any atom is -0.496 e. The van der Waals surface area contributed by atoms with Crippen LogP contribution in [0.2, 0.25) is 0 Å². The summed E-state index contributed by atoms with van der Waals surface area (Å²) >= 11 is 0. The summed E-state index contributed by atoms with van der Waals surface area (Å²) in [5.41, 5.74) is 1.83. The van der Waals surface area contributed by atoms with Crippen LogP contribution in [0, 0.1) is 13.8 Å². The summed E-state index contributed by atoms with van der Waals surface area (Å²) in [6.07, 6.45) is 0. The lowest BCUT2D eigenvalue weighted by atomic mass is 10.1. The molecule has 24 heavy (non-hydrogen) atoms. The maximum atomic E-state index is 12.7. The maximum absolute atomic E-state index is 12.7. The Morgan fingerprint density at radius 3 is 2.38 bits per heavy atom. The van der Waals surface area contributed by atoms with Crippen LogP contribution in [0.15, 0.2) is 41.3 Å². The normalized spacial score (nSPS) is 11.0. The van der Waals surface area contributed by atoms with Crippen LogP contribution in [0.1, 0.15) is 21.5 Å². The molecule has 0 heterocycles. The van der Waals surface area contributed by atoms with Gasteiger partial charge in [0.25, 0.3) is 10.0 Å². The van der Waals surface area contributed by atoms with Crippen LogP contribution in [-0.4, -0.2) is 28.6 Å². The van der Waals surface area contributed by atoms with E-state index >= 15 is 0 Å². The Morgan fingerprint density at radius 1 is 1.04 bits per heavy atom. The Kier molecular flexibility index (Phi) is 5.14. The molecule has 0 saturated carbocycles. The highest BCUT2D eigenvalue weighted by Gasteiger charge is 2.19. The smallest absolute Gasteiger partial charge is 0.337 e. The molecule has 0 atom stereocenters. The number of esters is 1. The Balaban J connectivity index is 2.39. The summed E-state index contributed by atoms with van der Waals surface area (Å²) in [6, 6.07) is 9.35. The predicted octanol–water partition coefficient (Wildman–Crippen LogP) is 2.90. The molecule has 0 bridgehead atoms. The Labute approximate surface area is 141 Å². The summed E-state index contributed by atoms with van der Waals surface area (Å²) in [5.74, 6) is 0.0895. The van der Waals surface area contributed by atoms with Gasteiger partial charge in [-0.2, -0.15) is 0 Å². The third-order valence-electron chi connectivity index (χ3n) is 3.52. The van der Waals surface area contributed by atoms with Gasteiger partial charge in [-0.15, -0.1) is 0 Å². The number of methoxy groups -OCH3 is 2. The molecule has 2 aromatic carbocycles. The van der Waals surface area contributed by atoms with E-state index in [0.29, 0.717) is 16.9 Å². The highest BCUT2D eigenvalue weighted by molar-refractivity contribution is 7.92. The molecule has 1 N–H and O–H groups in total. The van der Waals surface area contributed by atoms with Crippen LogP contribution in [0.5, 0.6) is 5.75 Å². The van der Waals surface area contributed by atoms with E-state index in [1.807, 2.05) is 0 Å². The van der Waals surface area contributed by atoms with Crippen molar-refractivity contribution in [2.75, 3.05) is 18.9 Å². The first-order chi connectivity index (χ1) is 11.3. The van der Waals surface area contributed by atoms with Crippen molar-refractivity contribution < 1.29 is 22.7 Å². The van der Waals surface area contributed by atoms with Crippen molar-refractivity contribution in [3.8, 4) is 5.75 Å². The largest absolute Gasteiger partial charge is 0.496 e. The molecule has 7 heteroatoms. The Bertz CT molecular complexity index is 875. The van der Waals surface area contributed by atoms with E-state index in [0.717, 1.165) is 0 Å². The van der Waals surface area contributed by atoms with Crippen molar-refractivity contribution in [1.82, 2.24) is 0 Å². The van der Waals surface area contributed by atoms with Crippen molar-refractivity contribution in [2.45, 2.75) is 18.7 Å². The Hall–Kier alpha value is -2.54. The number of anilines is 1. The average molecular weight is 349 g/mol. The molecular formula is C17H19NO5S. The fourth-order valence-corrected chi connectivity index (χ4v) is 3.67. The first kappa shape index (κ1) is 17.8. The van der Waals surface area contributed by atoms with Gasteiger partial charge in [-0.1, -0.05) is 6.07 Å². The summed E-state index contributed by atoms with van der Waals surface area (Å²) in [5, 5.41) is 0. The van der Waals surface area contributed by atoms with Gasteiger partial charge in [-0.25, -0.2) is 13.2 Å². The van der Waals surface area contributed by atoms with Crippen molar-refractivity contribution in [1.29, 1.82) is 0 Å². The fourth-order valence-electron chi connectivity index (χ4n) is 2.31. The molecule has 0 saturated heterocycles. The number of rotatable bonds is 5. The topological polar surface area (TPSA) is 81.7 Å². The molecule has 0 radical (unpaired) electrons. The number of sulfonamides is 1. The number of nitrogens with one attached hydrogen (secondary N) is 1. The van der Waals surface area contributed by atoms with E-state index in [2.05, 4.69) is 9.46 Å². The van der Waals surface area contributed by atoms with Crippen molar-refractivity contribution in [3.05, 3.63) is 53.1 Å². The van der Waals surface area contributed by atoms with Gasteiger partial charge in [0.1, 0.15) is 5.75 Å². The third-order valence-corrected chi connectivity index (χ3v) is 5.04. The molecule has 6 nitrogen and oxygen atoms in total. The summed E-state index contributed by atoms with van der Waals surface area (Å²) in [7, 11) is -0.998. The van der Waals surface area contributed by atoms with Crippen LogP contribution in [0.4, 0.5) is 5.69 Å². The second-order valence-electron chi connectivity index (χ2n) is 5.27. The zero-order chi connectivity index (χ0) is 17.9. The van der Waals surface area contributed by atoms with Gasteiger partial charge in [0.2, 0.25) is 0 Å². The SMILES string of the molecule is COC(=O)c1cccc(NS(=O)(=O)c2cc(C)c(OC)cc2C)c1. The average Bonchev–Trinajstić information content (AvgIpc) is 2.55. The minimum atomic E-state index is -3.80. The lowest BCUT2D eigenvalue weighted by Gasteiger charge is -2.14. The van der Waals surface area contributed by atoms with E-state index in [1.54, 1.807) is 44.2 Å². The minimum absolute atomic E-state index is 0.157. The number of hydrogen-bond acceptors (Lipinski definition) is 5. The zero-order valence-corrected chi connectivity index (χ0v) is 14.7. The van der Waals surface area contributed by atoms with E-state index < -0.39 is 16.0 Å². The molecule has 128 valence electrons. The second-order valence-corrected chi connectivity index (χ2v) is 6.92. The van der Waals surface area contributed by atoms with Crippen LogP contribution < -0.4 is 9.46 Å². The lowest BCUT2D eigenvalue weighted by Crippen LogP contribution is -2.15. The highest BCUT2D eigenvalue weighted by atomic mass is 32.2. The van der Waals surface area contributed by atoms with Gasteiger partial charge in [-0.3, -0.25) is 4.72 Å². The van der Waals surface area contributed by atoms with Crippen molar-refractivity contribution >= 4 is 21.7 Å². The van der Waals surface area contributed by atoms with E-state index in [9.17, 15) is 13.2 Å². The highest BCUT2D eigenvalue weighted by Crippen LogP contribution is 2.27. The molecule has 0 aliphatic rings. The lowest BCUT2D eigenvalue weighted by molar-refractivity contribution is 0.0601. The van der Waals surface area contributed by atoms with Crippen molar-refractivity contribution in [3.63, 3.8) is 0 Å². The predicted molar refractivity (Wildman–Crippen MR) is 91.1 cm³/mol. The number of carbonyl (C=O) groups excluding carboxylic acids is 1. The summed E-state index contributed by atoms with van der Waals surface area (Å²) < 4.78 is 37.6. The molecule has 0 unspecified atom stereocenters. The van der Waals surface area contributed by atoms with Crippen LogP contribution in [-0.2, 0) is 14.8 Å². The van der Waals surface area contributed by atoms with E-state index in [4.69, 9.17) is 4.74 Å². The molecule has 0 aliphatic carbocycles. The van der Waals surface area contributed by atoms with Gasteiger partial charge >= 0.3 is 5.97 Å². The molecular weight excluding hydrogens is 330 g/mol. The molecule has 2 rings (SSSR count). The van der Waals surface area contributed by atoms with Gasteiger partial charge in [0.15, 0.2) is 0 Å². The number of aryl methyl sites for hydroxylation is 2. The number of ether oxygens (including phenoxy) is 2. The monoisotopic (exact) mass is 349 g/mol. The van der Waals surface area contributed by atoms with Crippen molar-refractivity contribution in [2.24, 2.45) is 0 Å². The molecule has 0 fully saturated rings. The molecule has 0 amide bonds. The number of benzene rings is 2. The maximum Gasteiger partial charge on any atom is 0.337 e. The zero-order valence-electron chi connectivity index (χ0n) is 13.9. The summed E-state index contributed by atoms with van der Waals surface area (Å²) in [4.78, 5) is 11.7. The Morgan fingerprint density at radius 2 is 1.75 bits per heavy atom. The summed E-state index contributed by atoms with van der Waals surface area (Å²) in [6.45, 7) is 3.47. The molecule has 2 aromatic rings. The number of hydrogen-bond donors (Lipinski definition) is 1. The second kappa shape index (κ2) is 6.92. The first-order valence-corrected chi connectivity index (χ1v) is 8.63.